The Labute approximate surface area is 159 Å². The maximum absolute atomic E-state index is 13.1. The molecule has 0 aromatic heterocycles. The Bertz CT molecular complexity index is 863. The Balaban J connectivity index is 1.87. The van der Waals surface area contributed by atoms with E-state index in [2.05, 4.69) is 5.32 Å². The van der Waals surface area contributed by atoms with Gasteiger partial charge < -0.3 is 19.7 Å². The van der Waals surface area contributed by atoms with E-state index in [0.717, 1.165) is 5.56 Å². The van der Waals surface area contributed by atoms with Crippen molar-refractivity contribution in [3.8, 4) is 11.5 Å². The molecule has 0 saturated heterocycles. The second kappa shape index (κ2) is 7.70. The second-order valence-corrected chi connectivity index (χ2v) is 6.83. The van der Waals surface area contributed by atoms with E-state index in [0.29, 0.717) is 29.3 Å². The first-order valence-corrected chi connectivity index (χ1v) is 8.88. The molecule has 0 spiro atoms. The predicted octanol–water partition coefficient (Wildman–Crippen LogP) is 3.32. The average molecular weight is 368 g/mol. The van der Waals surface area contributed by atoms with Crippen LogP contribution in [0.4, 0.5) is 5.69 Å². The highest BCUT2D eigenvalue weighted by Gasteiger charge is 2.38. The summed E-state index contributed by atoms with van der Waals surface area (Å²) in [5.74, 6) is 0.717. The van der Waals surface area contributed by atoms with Crippen molar-refractivity contribution >= 4 is 17.5 Å². The molecule has 2 amide bonds. The van der Waals surface area contributed by atoms with Crippen molar-refractivity contribution in [1.82, 2.24) is 4.90 Å². The van der Waals surface area contributed by atoms with Crippen molar-refractivity contribution in [3.63, 3.8) is 0 Å². The molecule has 142 valence electrons. The molecule has 2 aromatic carbocycles. The molecule has 0 fully saturated rings. The highest BCUT2D eigenvalue weighted by atomic mass is 16.5. The molecule has 0 bridgehead atoms. The van der Waals surface area contributed by atoms with Gasteiger partial charge in [-0.25, -0.2) is 0 Å². The van der Waals surface area contributed by atoms with Crippen LogP contribution >= 0.6 is 0 Å². The second-order valence-electron chi connectivity index (χ2n) is 6.83. The average Bonchev–Trinajstić information content (AvgIpc) is 2.98. The lowest BCUT2D eigenvalue weighted by atomic mass is 10.0. The van der Waals surface area contributed by atoms with E-state index >= 15 is 0 Å². The van der Waals surface area contributed by atoms with Crippen molar-refractivity contribution in [2.75, 3.05) is 19.5 Å². The van der Waals surface area contributed by atoms with Gasteiger partial charge in [0.2, 0.25) is 5.91 Å². The molecule has 0 radical (unpaired) electrons. The van der Waals surface area contributed by atoms with Crippen LogP contribution in [0.5, 0.6) is 11.5 Å². The van der Waals surface area contributed by atoms with Crippen LogP contribution in [0.25, 0.3) is 0 Å². The number of hydrogen-bond acceptors (Lipinski definition) is 4. The number of nitrogens with one attached hydrogen (secondary N) is 1. The van der Waals surface area contributed by atoms with Gasteiger partial charge >= 0.3 is 0 Å². The number of fused-ring (bicyclic) bond motifs is 1. The van der Waals surface area contributed by atoms with Crippen molar-refractivity contribution in [3.05, 3.63) is 53.6 Å². The highest BCUT2D eigenvalue weighted by Crippen LogP contribution is 2.31. The lowest BCUT2D eigenvalue weighted by Crippen LogP contribution is -2.47. The first-order chi connectivity index (χ1) is 13.0. The van der Waals surface area contributed by atoms with Gasteiger partial charge in [-0.2, -0.15) is 0 Å². The third-order valence-electron chi connectivity index (χ3n) is 4.75. The number of methoxy groups -OCH3 is 2. The number of benzene rings is 2. The zero-order valence-corrected chi connectivity index (χ0v) is 16.0. The molecule has 1 heterocycles. The Morgan fingerprint density at radius 2 is 1.85 bits per heavy atom. The number of ether oxygens (including phenoxy) is 2. The number of hydrogen-bond donors (Lipinski definition) is 1. The molecule has 27 heavy (non-hydrogen) atoms. The zero-order valence-electron chi connectivity index (χ0n) is 16.0. The lowest BCUT2D eigenvalue weighted by molar-refractivity contribution is -0.122. The summed E-state index contributed by atoms with van der Waals surface area (Å²) in [6, 6.07) is 12.1. The molecule has 1 aliphatic heterocycles. The van der Waals surface area contributed by atoms with Gasteiger partial charge in [0.1, 0.15) is 17.5 Å². The van der Waals surface area contributed by atoms with E-state index in [9.17, 15) is 9.59 Å². The van der Waals surface area contributed by atoms with Crippen molar-refractivity contribution in [2.24, 2.45) is 5.92 Å². The van der Waals surface area contributed by atoms with Crippen molar-refractivity contribution in [1.29, 1.82) is 0 Å². The summed E-state index contributed by atoms with van der Waals surface area (Å²) < 4.78 is 10.6. The standard InChI is InChI=1S/C21H24N2O4/c1-13(2)19(23-12-14-7-5-6-8-16(14)21(23)25)20(24)22-17-11-15(26-3)9-10-18(17)27-4/h5-11,13,19H,12H2,1-4H3,(H,22,24). The molecule has 6 nitrogen and oxygen atoms in total. The molecule has 0 aliphatic carbocycles. The number of carbonyl (C=O) groups excluding carboxylic acids is 2. The Morgan fingerprint density at radius 3 is 2.48 bits per heavy atom. The molecule has 3 rings (SSSR count). The molecule has 1 unspecified atom stereocenters. The molecular formula is C21H24N2O4. The SMILES string of the molecule is COc1ccc(OC)c(NC(=O)C(C(C)C)N2Cc3ccccc3C2=O)c1. The molecule has 1 atom stereocenters. The molecule has 0 saturated carbocycles. The first-order valence-electron chi connectivity index (χ1n) is 8.88. The van der Waals surface area contributed by atoms with E-state index < -0.39 is 6.04 Å². The third kappa shape index (κ3) is 3.60. The number of amides is 2. The normalized spacial score (nSPS) is 14.1. The van der Waals surface area contributed by atoms with Crippen LogP contribution < -0.4 is 14.8 Å². The van der Waals surface area contributed by atoms with E-state index in [-0.39, 0.29) is 17.7 Å². The molecule has 2 aromatic rings. The third-order valence-corrected chi connectivity index (χ3v) is 4.75. The van der Waals surface area contributed by atoms with Crippen molar-refractivity contribution < 1.29 is 19.1 Å². The monoisotopic (exact) mass is 368 g/mol. The number of carbonyl (C=O) groups is 2. The van der Waals surface area contributed by atoms with Crippen LogP contribution in [0.1, 0.15) is 29.8 Å². The van der Waals surface area contributed by atoms with Gasteiger partial charge in [0.25, 0.3) is 5.91 Å². The summed E-state index contributed by atoms with van der Waals surface area (Å²) in [4.78, 5) is 27.6. The summed E-state index contributed by atoms with van der Waals surface area (Å²) in [5.41, 5.74) is 2.12. The fraction of sp³-hybridized carbons (Fsp3) is 0.333. The van der Waals surface area contributed by atoms with Crippen LogP contribution in [-0.4, -0.2) is 37.0 Å². The Kier molecular flexibility index (Phi) is 5.35. The lowest BCUT2D eigenvalue weighted by Gasteiger charge is -2.30. The molecular weight excluding hydrogens is 344 g/mol. The van der Waals surface area contributed by atoms with Gasteiger partial charge in [-0.1, -0.05) is 32.0 Å². The summed E-state index contributed by atoms with van der Waals surface area (Å²) in [6.45, 7) is 4.30. The van der Waals surface area contributed by atoms with Crippen LogP contribution in [-0.2, 0) is 11.3 Å². The molecule has 6 heteroatoms. The van der Waals surface area contributed by atoms with Crippen LogP contribution in [0, 0.1) is 5.92 Å². The van der Waals surface area contributed by atoms with Gasteiger partial charge in [-0.15, -0.1) is 0 Å². The zero-order chi connectivity index (χ0) is 19.6. The summed E-state index contributed by atoms with van der Waals surface area (Å²) in [7, 11) is 3.10. The maximum Gasteiger partial charge on any atom is 0.255 e. The molecule has 1 N–H and O–H groups in total. The van der Waals surface area contributed by atoms with Crippen LogP contribution in [0.3, 0.4) is 0 Å². The van der Waals surface area contributed by atoms with Gasteiger partial charge in [-0.05, 0) is 29.7 Å². The highest BCUT2D eigenvalue weighted by molar-refractivity contribution is 6.04. The largest absolute Gasteiger partial charge is 0.497 e. The minimum Gasteiger partial charge on any atom is -0.497 e. The maximum atomic E-state index is 13.1. The van der Waals surface area contributed by atoms with Crippen LogP contribution in [0.15, 0.2) is 42.5 Å². The fourth-order valence-electron chi connectivity index (χ4n) is 3.42. The van der Waals surface area contributed by atoms with E-state index in [4.69, 9.17) is 9.47 Å². The number of nitrogens with zero attached hydrogens (tertiary/aromatic N) is 1. The fourth-order valence-corrected chi connectivity index (χ4v) is 3.42. The van der Waals surface area contributed by atoms with Gasteiger partial charge in [0.15, 0.2) is 0 Å². The van der Waals surface area contributed by atoms with Gasteiger partial charge in [0, 0.05) is 18.2 Å². The molecule has 1 aliphatic rings. The van der Waals surface area contributed by atoms with Crippen LogP contribution in [0.2, 0.25) is 0 Å². The Hall–Kier alpha value is -3.02. The summed E-state index contributed by atoms with van der Waals surface area (Å²) >= 11 is 0. The summed E-state index contributed by atoms with van der Waals surface area (Å²) in [5, 5.41) is 2.90. The van der Waals surface area contributed by atoms with Gasteiger partial charge in [-0.3, -0.25) is 9.59 Å². The van der Waals surface area contributed by atoms with E-state index in [1.54, 1.807) is 36.3 Å². The van der Waals surface area contributed by atoms with Crippen molar-refractivity contribution in [2.45, 2.75) is 26.4 Å². The number of rotatable bonds is 6. The first kappa shape index (κ1) is 18.8. The smallest absolute Gasteiger partial charge is 0.255 e. The Morgan fingerprint density at radius 1 is 1.11 bits per heavy atom. The topological polar surface area (TPSA) is 67.9 Å². The van der Waals surface area contributed by atoms with E-state index in [1.807, 2.05) is 32.0 Å². The van der Waals surface area contributed by atoms with E-state index in [1.165, 1.54) is 7.11 Å². The minimum absolute atomic E-state index is 0.0557. The quantitative estimate of drug-likeness (QED) is 0.849. The number of anilines is 1. The summed E-state index contributed by atoms with van der Waals surface area (Å²) in [6.07, 6.45) is 0. The minimum atomic E-state index is -0.596. The van der Waals surface area contributed by atoms with Gasteiger partial charge in [0.05, 0.1) is 19.9 Å². The predicted molar refractivity (Wildman–Crippen MR) is 103 cm³/mol.